The molecule has 0 unspecified atom stereocenters. The number of ketones is 1. The molecule has 122 valence electrons. The molecule has 0 fully saturated rings. The van der Waals surface area contributed by atoms with Gasteiger partial charge in [-0.15, -0.1) is 11.8 Å². The van der Waals surface area contributed by atoms with Crippen molar-refractivity contribution in [2.24, 2.45) is 7.05 Å². The lowest BCUT2D eigenvalue weighted by Crippen LogP contribution is -1.98. The normalized spacial score (nSPS) is 11.9. The van der Waals surface area contributed by atoms with Gasteiger partial charge < -0.3 is 4.57 Å². The van der Waals surface area contributed by atoms with Crippen LogP contribution < -0.4 is 0 Å². The first kappa shape index (κ1) is 16.6. The number of nitrogens with zero attached hydrogens (tertiary/aromatic N) is 1. The quantitative estimate of drug-likeness (QED) is 0.456. The van der Waals surface area contributed by atoms with E-state index < -0.39 is 0 Å². The van der Waals surface area contributed by atoms with Crippen molar-refractivity contribution in [1.82, 2.24) is 4.57 Å². The van der Waals surface area contributed by atoms with Crippen LogP contribution in [0.25, 0.3) is 15.8 Å². The van der Waals surface area contributed by atoms with E-state index in [1.165, 1.54) is 10.9 Å². The summed E-state index contributed by atoms with van der Waals surface area (Å²) in [6, 6.07) is 16.1. The van der Waals surface area contributed by atoms with Gasteiger partial charge in [-0.3, -0.25) is 4.79 Å². The second kappa shape index (κ2) is 7.10. The van der Waals surface area contributed by atoms with Gasteiger partial charge in [0.2, 0.25) is 0 Å². The van der Waals surface area contributed by atoms with Crippen molar-refractivity contribution in [3.8, 4) is 0 Å². The summed E-state index contributed by atoms with van der Waals surface area (Å²) in [5.74, 6) is 0.993. The fraction of sp³-hybridized carbons (Fsp3) is 0.190. The van der Waals surface area contributed by atoms with Crippen LogP contribution in [0.4, 0.5) is 0 Å². The molecular weight excluding hydrogens is 314 g/mol. The molecule has 1 heterocycles. The average Bonchev–Trinajstić information content (AvgIpc) is 2.92. The summed E-state index contributed by atoms with van der Waals surface area (Å²) >= 11 is 1.71. The standard InChI is InChI=1S/C21H21NOS/c1-4-24-21(13-20(23)16-10-6-5-9-15(16)2)18-14-22(3)19-12-8-7-11-17(18)19/h5-14H,4H2,1-3H3. The van der Waals surface area contributed by atoms with Crippen molar-refractivity contribution in [3.05, 3.63) is 77.5 Å². The van der Waals surface area contributed by atoms with Gasteiger partial charge in [0.05, 0.1) is 0 Å². The summed E-state index contributed by atoms with van der Waals surface area (Å²) in [6.45, 7) is 4.09. The van der Waals surface area contributed by atoms with E-state index in [-0.39, 0.29) is 5.78 Å². The Morgan fingerprint density at radius 3 is 2.54 bits per heavy atom. The molecule has 0 saturated carbocycles. The number of para-hydroxylation sites is 1. The minimum Gasteiger partial charge on any atom is -0.350 e. The summed E-state index contributed by atoms with van der Waals surface area (Å²) in [4.78, 5) is 13.8. The van der Waals surface area contributed by atoms with Gasteiger partial charge in [-0.25, -0.2) is 0 Å². The molecule has 2 nitrogen and oxygen atoms in total. The molecule has 1 aromatic heterocycles. The van der Waals surface area contributed by atoms with Gasteiger partial charge in [-0.1, -0.05) is 49.4 Å². The van der Waals surface area contributed by atoms with E-state index in [4.69, 9.17) is 0 Å². The van der Waals surface area contributed by atoms with E-state index in [2.05, 4.69) is 29.8 Å². The number of aromatic nitrogens is 1. The highest BCUT2D eigenvalue weighted by Crippen LogP contribution is 2.34. The number of hydrogen-bond donors (Lipinski definition) is 0. The molecule has 0 aliphatic heterocycles. The Kier molecular flexibility index (Phi) is 4.91. The lowest BCUT2D eigenvalue weighted by atomic mass is 10.0. The molecule has 0 aliphatic carbocycles. The first-order chi connectivity index (χ1) is 11.6. The first-order valence-corrected chi connectivity index (χ1v) is 9.09. The summed E-state index contributed by atoms with van der Waals surface area (Å²) in [7, 11) is 2.04. The molecule has 0 saturated heterocycles. The topological polar surface area (TPSA) is 22.0 Å². The van der Waals surface area contributed by atoms with E-state index >= 15 is 0 Å². The van der Waals surface area contributed by atoms with Crippen LogP contribution in [0.3, 0.4) is 0 Å². The summed E-state index contributed by atoms with van der Waals surface area (Å²) in [5, 5.41) is 1.18. The Morgan fingerprint density at radius 1 is 1.08 bits per heavy atom. The number of carbonyl (C=O) groups excluding carboxylic acids is 1. The number of hydrogen-bond acceptors (Lipinski definition) is 2. The second-order valence-corrected chi connectivity index (χ2v) is 7.10. The third kappa shape index (κ3) is 3.17. The predicted octanol–water partition coefficient (Wildman–Crippen LogP) is 5.46. The van der Waals surface area contributed by atoms with Gasteiger partial charge in [0.15, 0.2) is 5.78 Å². The highest BCUT2D eigenvalue weighted by atomic mass is 32.2. The van der Waals surface area contributed by atoms with Gasteiger partial charge in [0.1, 0.15) is 0 Å². The van der Waals surface area contributed by atoms with E-state index in [0.29, 0.717) is 0 Å². The lowest BCUT2D eigenvalue weighted by Gasteiger charge is -2.06. The van der Waals surface area contributed by atoms with Crippen molar-refractivity contribution in [3.63, 3.8) is 0 Å². The number of allylic oxidation sites excluding steroid dienone is 1. The number of benzene rings is 2. The van der Waals surface area contributed by atoms with E-state index in [0.717, 1.165) is 27.3 Å². The molecule has 0 aliphatic rings. The molecule has 0 N–H and O–H groups in total. The molecule has 2 aromatic carbocycles. The third-order valence-electron chi connectivity index (χ3n) is 4.13. The van der Waals surface area contributed by atoms with Gasteiger partial charge >= 0.3 is 0 Å². The number of carbonyl (C=O) groups is 1. The molecule has 3 heteroatoms. The molecule has 0 radical (unpaired) electrons. The van der Waals surface area contributed by atoms with Crippen molar-refractivity contribution < 1.29 is 4.79 Å². The largest absolute Gasteiger partial charge is 0.350 e. The maximum atomic E-state index is 12.8. The SMILES string of the molecule is CCSC(=CC(=O)c1ccccc1C)c1cn(C)c2ccccc12. The maximum Gasteiger partial charge on any atom is 0.187 e. The second-order valence-electron chi connectivity index (χ2n) is 5.79. The highest BCUT2D eigenvalue weighted by molar-refractivity contribution is 8.08. The van der Waals surface area contributed by atoms with Gasteiger partial charge in [-0.2, -0.15) is 0 Å². The minimum absolute atomic E-state index is 0.0667. The van der Waals surface area contributed by atoms with Crippen LogP contribution in [0, 0.1) is 6.92 Å². The van der Waals surface area contributed by atoms with Gasteiger partial charge in [0.25, 0.3) is 0 Å². The number of thioether (sulfide) groups is 1. The molecular formula is C21H21NOS. The van der Waals surface area contributed by atoms with Crippen LogP contribution in [0.2, 0.25) is 0 Å². The minimum atomic E-state index is 0.0667. The zero-order valence-electron chi connectivity index (χ0n) is 14.2. The Hall–Kier alpha value is -2.26. The third-order valence-corrected chi connectivity index (χ3v) is 5.07. The maximum absolute atomic E-state index is 12.8. The molecule has 24 heavy (non-hydrogen) atoms. The number of aryl methyl sites for hydroxylation is 2. The fourth-order valence-electron chi connectivity index (χ4n) is 2.94. The first-order valence-electron chi connectivity index (χ1n) is 8.10. The zero-order valence-corrected chi connectivity index (χ0v) is 15.1. The zero-order chi connectivity index (χ0) is 17.1. The molecule has 3 rings (SSSR count). The van der Waals surface area contributed by atoms with Crippen LogP contribution >= 0.6 is 11.8 Å². The van der Waals surface area contributed by atoms with Gasteiger partial charge in [-0.05, 0) is 24.3 Å². The Labute approximate surface area is 147 Å². The molecule has 3 aromatic rings. The van der Waals surface area contributed by atoms with Crippen LogP contribution in [-0.2, 0) is 7.05 Å². The average molecular weight is 335 g/mol. The van der Waals surface area contributed by atoms with E-state index in [1.54, 1.807) is 17.8 Å². The summed E-state index contributed by atoms with van der Waals surface area (Å²) in [6.07, 6.45) is 3.91. The Bertz CT molecular complexity index is 920. The van der Waals surface area contributed by atoms with Crippen molar-refractivity contribution >= 4 is 33.4 Å². The molecule has 0 amide bonds. The monoisotopic (exact) mass is 335 g/mol. The van der Waals surface area contributed by atoms with Crippen LogP contribution in [0.5, 0.6) is 0 Å². The lowest BCUT2D eigenvalue weighted by molar-refractivity contribution is 0.104. The summed E-state index contributed by atoms with van der Waals surface area (Å²) < 4.78 is 2.12. The van der Waals surface area contributed by atoms with Crippen LogP contribution in [0.15, 0.2) is 60.8 Å². The predicted molar refractivity (Wildman–Crippen MR) is 105 cm³/mol. The summed E-state index contributed by atoms with van der Waals surface area (Å²) in [5.41, 5.74) is 4.09. The fourth-order valence-corrected chi connectivity index (χ4v) is 3.76. The highest BCUT2D eigenvalue weighted by Gasteiger charge is 2.13. The van der Waals surface area contributed by atoms with Crippen LogP contribution in [-0.4, -0.2) is 16.1 Å². The van der Waals surface area contributed by atoms with Crippen molar-refractivity contribution in [1.29, 1.82) is 0 Å². The van der Waals surface area contributed by atoms with E-state index in [1.807, 2.05) is 50.4 Å². The van der Waals surface area contributed by atoms with Gasteiger partial charge in [0, 0.05) is 46.3 Å². The van der Waals surface area contributed by atoms with Crippen LogP contribution in [0.1, 0.15) is 28.4 Å². The van der Waals surface area contributed by atoms with E-state index in [9.17, 15) is 4.79 Å². The number of rotatable bonds is 5. The molecule has 0 atom stereocenters. The van der Waals surface area contributed by atoms with Crippen molar-refractivity contribution in [2.45, 2.75) is 13.8 Å². The van der Waals surface area contributed by atoms with Crippen molar-refractivity contribution in [2.75, 3.05) is 5.75 Å². The molecule has 0 spiro atoms. The smallest absolute Gasteiger partial charge is 0.187 e. The molecule has 0 bridgehead atoms. The Balaban J connectivity index is 2.09. The number of fused-ring (bicyclic) bond motifs is 1. The Morgan fingerprint density at radius 2 is 1.79 bits per heavy atom.